The van der Waals surface area contributed by atoms with Crippen molar-refractivity contribution in [3.8, 4) is 0 Å². The fraction of sp³-hybridized carbons (Fsp3) is 0.409. The fourth-order valence-electron chi connectivity index (χ4n) is 3.98. The number of hydrogen-bond donors (Lipinski definition) is 1. The second-order valence-corrected chi connectivity index (χ2v) is 8.64. The van der Waals surface area contributed by atoms with Crippen molar-refractivity contribution in [3.63, 3.8) is 0 Å². The van der Waals surface area contributed by atoms with Gasteiger partial charge in [0.05, 0.1) is 16.7 Å². The number of carbonyl (C=O) groups is 1. The lowest BCUT2D eigenvalue weighted by Crippen LogP contribution is -2.41. The highest BCUT2D eigenvalue weighted by Crippen LogP contribution is 2.25. The van der Waals surface area contributed by atoms with Gasteiger partial charge in [0.15, 0.2) is 5.16 Å². The number of nitrogens with zero attached hydrogens (tertiary/aromatic N) is 2. The van der Waals surface area contributed by atoms with Crippen LogP contribution in [-0.2, 0) is 11.8 Å². The molecule has 0 unspecified atom stereocenters. The van der Waals surface area contributed by atoms with Gasteiger partial charge in [0.2, 0.25) is 5.91 Å². The Hall–Kier alpha value is -2.34. The molecule has 0 radical (unpaired) electrons. The zero-order valence-electron chi connectivity index (χ0n) is 16.3. The highest BCUT2D eigenvalue weighted by molar-refractivity contribution is 7.99. The van der Waals surface area contributed by atoms with Gasteiger partial charge in [-0.2, -0.15) is 0 Å². The van der Waals surface area contributed by atoms with Crippen LogP contribution in [0.25, 0.3) is 21.7 Å². The summed E-state index contributed by atoms with van der Waals surface area (Å²) in [5.74, 6) is 0.804. The van der Waals surface area contributed by atoms with Crippen molar-refractivity contribution in [1.29, 1.82) is 0 Å². The molecule has 146 valence electrons. The van der Waals surface area contributed by atoms with Gasteiger partial charge < -0.3 is 5.32 Å². The number of hydrogen-bond acceptors (Lipinski definition) is 4. The molecule has 1 aliphatic rings. The van der Waals surface area contributed by atoms with Gasteiger partial charge in [0, 0.05) is 13.1 Å². The van der Waals surface area contributed by atoms with E-state index in [1.165, 1.54) is 35.6 Å². The van der Waals surface area contributed by atoms with Crippen molar-refractivity contribution in [3.05, 3.63) is 46.8 Å². The number of rotatable bonds is 4. The Kier molecular flexibility index (Phi) is 5.40. The predicted molar refractivity (Wildman–Crippen MR) is 115 cm³/mol. The molecule has 5 nitrogen and oxygen atoms in total. The van der Waals surface area contributed by atoms with Gasteiger partial charge in [0.1, 0.15) is 0 Å². The molecule has 0 bridgehead atoms. The molecule has 1 heterocycles. The minimum Gasteiger partial charge on any atom is -0.352 e. The molecule has 1 amide bonds. The molecule has 1 aliphatic carbocycles. The van der Waals surface area contributed by atoms with Crippen molar-refractivity contribution in [2.75, 3.05) is 5.75 Å². The maximum atomic E-state index is 12.8. The number of benzene rings is 2. The maximum Gasteiger partial charge on any atom is 0.261 e. The summed E-state index contributed by atoms with van der Waals surface area (Å²) in [5.41, 5.74) is 0.588. The lowest BCUT2D eigenvalue weighted by molar-refractivity contribution is -0.119. The van der Waals surface area contributed by atoms with Gasteiger partial charge in [0.25, 0.3) is 5.56 Å². The first-order chi connectivity index (χ1) is 13.5. The summed E-state index contributed by atoms with van der Waals surface area (Å²) < 4.78 is 1.54. The van der Waals surface area contributed by atoms with E-state index in [0.29, 0.717) is 22.0 Å². The van der Waals surface area contributed by atoms with Crippen LogP contribution >= 0.6 is 11.8 Å². The Morgan fingerprint density at radius 3 is 2.68 bits per heavy atom. The molecule has 0 aliphatic heterocycles. The first-order valence-electron chi connectivity index (χ1n) is 9.84. The SMILES string of the molecule is C[C@H]1CCCC[C@H]1NC(=O)CSc1nc2cc3ccccc3cc2c(=O)n1C. The standard InChI is InChI=1S/C22H25N3O2S/c1-14-7-3-6-10-18(14)23-20(26)13-28-22-24-19-12-16-9-5-4-8-15(16)11-17(19)21(27)25(22)2/h4-5,8-9,11-12,14,18H,3,6-7,10,13H2,1-2H3,(H,23,26)/t14-,18+/m0/s1. The number of nitrogens with one attached hydrogen (secondary N) is 1. The second-order valence-electron chi connectivity index (χ2n) is 7.70. The summed E-state index contributed by atoms with van der Waals surface area (Å²) in [4.78, 5) is 29.9. The summed E-state index contributed by atoms with van der Waals surface area (Å²) in [7, 11) is 1.72. The van der Waals surface area contributed by atoms with Gasteiger partial charge in [-0.15, -0.1) is 0 Å². The molecule has 0 spiro atoms. The minimum absolute atomic E-state index is 0.0107. The van der Waals surface area contributed by atoms with Crippen molar-refractivity contribution in [2.24, 2.45) is 13.0 Å². The van der Waals surface area contributed by atoms with Crippen LogP contribution in [0, 0.1) is 5.92 Å². The van der Waals surface area contributed by atoms with Gasteiger partial charge in [-0.25, -0.2) is 4.98 Å². The maximum absolute atomic E-state index is 12.8. The molecule has 1 saturated carbocycles. The Bertz CT molecular complexity index is 1090. The van der Waals surface area contributed by atoms with Crippen molar-refractivity contribution in [1.82, 2.24) is 14.9 Å². The van der Waals surface area contributed by atoms with Crippen molar-refractivity contribution < 1.29 is 4.79 Å². The Morgan fingerprint density at radius 1 is 1.21 bits per heavy atom. The monoisotopic (exact) mass is 395 g/mol. The molecular weight excluding hydrogens is 370 g/mol. The van der Waals surface area contributed by atoms with Crippen molar-refractivity contribution in [2.45, 2.75) is 43.8 Å². The lowest BCUT2D eigenvalue weighted by Gasteiger charge is -2.29. The predicted octanol–water partition coefficient (Wildman–Crippen LogP) is 3.87. The van der Waals surface area contributed by atoms with Crippen LogP contribution in [0.3, 0.4) is 0 Å². The van der Waals surface area contributed by atoms with Crippen LogP contribution in [0.4, 0.5) is 0 Å². The number of fused-ring (bicyclic) bond motifs is 2. The largest absolute Gasteiger partial charge is 0.352 e. The Balaban J connectivity index is 1.55. The molecule has 3 aromatic rings. The first-order valence-corrected chi connectivity index (χ1v) is 10.8. The average Bonchev–Trinajstić information content (AvgIpc) is 2.70. The van der Waals surface area contributed by atoms with Crippen LogP contribution in [0.15, 0.2) is 46.3 Å². The molecular formula is C22H25N3O2S. The molecule has 1 N–H and O–H groups in total. The van der Waals surface area contributed by atoms with E-state index < -0.39 is 0 Å². The van der Waals surface area contributed by atoms with E-state index in [4.69, 9.17) is 0 Å². The van der Waals surface area contributed by atoms with Gasteiger partial charge in [-0.3, -0.25) is 14.2 Å². The number of amides is 1. The Morgan fingerprint density at radius 2 is 1.93 bits per heavy atom. The highest BCUT2D eigenvalue weighted by atomic mass is 32.2. The molecule has 2 atom stereocenters. The smallest absolute Gasteiger partial charge is 0.261 e. The fourth-order valence-corrected chi connectivity index (χ4v) is 4.76. The zero-order chi connectivity index (χ0) is 19.7. The summed E-state index contributed by atoms with van der Waals surface area (Å²) >= 11 is 1.32. The van der Waals surface area contributed by atoms with Crippen LogP contribution in [-0.4, -0.2) is 27.3 Å². The van der Waals surface area contributed by atoms with E-state index in [2.05, 4.69) is 17.2 Å². The van der Waals surface area contributed by atoms with E-state index in [0.717, 1.165) is 17.2 Å². The Labute approximate surface area is 168 Å². The molecule has 1 aromatic heterocycles. The topological polar surface area (TPSA) is 64.0 Å². The second kappa shape index (κ2) is 7.95. The van der Waals surface area contributed by atoms with E-state index in [-0.39, 0.29) is 23.3 Å². The van der Waals surface area contributed by atoms with Crippen molar-refractivity contribution >= 4 is 39.3 Å². The molecule has 28 heavy (non-hydrogen) atoms. The normalized spacial score (nSPS) is 19.8. The van der Waals surface area contributed by atoms with Crippen LogP contribution in [0.2, 0.25) is 0 Å². The van der Waals surface area contributed by atoms with Gasteiger partial charge in [-0.05, 0) is 41.7 Å². The minimum atomic E-state index is -0.0837. The molecule has 6 heteroatoms. The summed E-state index contributed by atoms with van der Waals surface area (Å²) in [5, 5.41) is 6.41. The van der Waals surface area contributed by atoms with Crippen LogP contribution in [0.1, 0.15) is 32.6 Å². The lowest BCUT2D eigenvalue weighted by atomic mass is 9.86. The average molecular weight is 396 g/mol. The van der Waals surface area contributed by atoms with E-state index in [1.807, 2.05) is 36.4 Å². The first kappa shape index (κ1) is 19.0. The van der Waals surface area contributed by atoms with E-state index >= 15 is 0 Å². The molecule has 0 saturated heterocycles. The quantitative estimate of drug-likeness (QED) is 0.414. The van der Waals surface area contributed by atoms with E-state index in [1.54, 1.807) is 7.05 Å². The highest BCUT2D eigenvalue weighted by Gasteiger charge is 2.23. The summed E-state index contributed by atoms with van der Waals surface area (Å²) in [6.07, 6.45) is 4.65. The van der Waals surface area contributed by atoms with Crippen LogP contribution < -0.4 is 10.9 Å². The molecule has 4 rings (SSSR count). The summed E-state index contributed by atoms with van der Waals surface area (Å²) in [6, 6.07) is 12.0. The van der Waals surface area contributed by atoms with Gasteiger partial charge >= 0.3 is 0 Å². The summed E-state index contributed by atoms with van der Waals surface area (Å²) in [6.45, 7) is 2.20. The molecule has 1 fully saturated rings. The van der Waals surface area contributed by atoms with Gasteiger partial charge in [-0.1, -0.05) is 55.8 Å². The van der Waals surface area contributed by atoms with E-state index in [9.17, 15) is 9.59 Å². The number of carbonyl (C=O) groups excluding carboxylic acids is 1. The number of aromatic nitrogens is 2. The number of thioether (sulfide) groups is 1. The third-order valence-electron chi connectivity index (χ3n) is 5.69. The molecule has 2 aromatic carbocycles. The third-order valence-corrected chi connectivity index (χ3v) is 6.72. The zero-order valence-corrected chi connectivity index (χ0v) is 17.1. The van der Waals surface area contributed by atoms with Crippen LogP contribution in [0.5, 0.6) is 0 Å². The third kappa shape index (κ3) is 3.78.